The summed E-state index contributed by atoms with van der Waals surface area (Å²) in [5.41, 5.74) is -1.68. The molecular weight excluding hydrogens is 311 g/mol. The molecule has 0 aliphatic carbocycles. The molecule has 0 radical (unpaired) electrons. The van der Waals surface area contributed by atoms with E-state index in [9.17, 15) is 18.0 Å². The molecule has 0 bridgehead atoms. The number of alkyl halides is 3. The van der Waals surface area contributed by atoms with Crippen molar-refractivity contribution in [3.8, 4) is 17.0 Å². The van der Waals surface area contributed by atoms with Gasteiger partial charge in [0.15, 0.2) is 0 Å². The Balaban J connectivity index is 2.42. The monoisotopic (exact) mass is 321 g/mol. The van der Waals surface area contributed by atoms with Crippen molar-refractivity contribution in [3.05, 3.63) is 58.6 Å². The van der Waals surface area contributed by atoms with Crippen LogP contribution in [0.1, 0.15) is 5.76 Å². The van der Waals surface area contributed by atoms with Crippen LogP contribution in [-0.2, 0) is 6.18 Å². The molecule has 0 amide bonds. The van der Waals surface area contributed by atoms with Crippen molar-refractivity contribution in [2.75, 3.05) is 7.11 Å². The Labute approximate surface area is 128 Å². The summed E-state index contributed by atoms with van der Waals surface area (Å²) in [4.78, 5) is 16.4. The summed E-state index contributed by atoms with van der Waals surface area (Å²) in [6.07, 6.45) is -3.52. The summed E-state index contributed by atoms with van der Waals surface area (Å²) in [6, 6.07) is 8.47. The van der Waals surface area contributed by atoms with E-state index in [0.717, 1.165) is 0 Å². The van der Waals surface area contributed by atoms with Crippen LogP contribution in [0.5, 0.6) is 5.75 Å². The molecule has 0 aliphatic heterocycles. The molecule has 1 aromatic carbocycles. The van der Waals surface area contributed by atoms with Gasteiger partial charge < -0.3 is 9.15 Å². The van der Waals surface area contributed by atoms with Crippen molar-refractivity contribution in [1.82, 2.24) is 4.98 Å². The van der Waals surface area contributed by atoms with Crippen LogP contribution in [0.2, 0.25) is 0 Å². The minimum absolute atomic E-state index is 0.0273. The van der Waals surface area contributed by atoms with Crippen molar-refractivity contribution >= 4 is 11.0 Å². The summed E-state index contributed by atoms with van der Waals surface area (Å²) in [7, 11) is 1.37. The average molecular weight is 321 g/mol. The Hall–Kier alpha value is -2.83. The van der Waals surface area contributed by atoms with Crippen molar-refractivity contribution in [3.63, 3.8) is 0 Å². The predicted octanol–water partition coefficient (Wildman–Crippen LogP) is 3.88. The summed E-state index contributed by atoms with van der Waals surface area (Å²) in [5.74, 6) is -1.08. The summed E-state index contributed by atoms with van der Waals surface area (Å²) in [5, 5.41) is 0.0273. The molecule has 2 aromatic heterocycles. The van der Waals surface area contributed by atoms with E-state index in [-0.39, 0.29) is 16.7 Å². The Morgan fingerprint density at radius 3 is 2.57 bits per heavy atom. The van der Waals surface area contributed by atoms with Crippen molar-refractivity contribution in [1.29, 1.82) is 0 Å². The topological polar surface area (TPSA) is 52.3 Å². The molecule has 0 saturated carbocycles. The third-order valence-corrected chi connectivity index (χ3v) is 3.28. The highest BCUT2D eigenvalue weighted by molar-refractivity contribution is 5.83. The first kappa shape index (κ1) is 15.1. The lowest BCUT2D eigenvalue weighted by molar-refractivity contribution is -0.152. The minimum atomic E-state index is -4.83. The zero-order valence-electron chi connectivity index (χ0n) is 11.8. The number of ether oxygens (including phenoxy) is 1. The van der Waals surface area contributed by atoms with Gasteiger partial charge in [-0.15, -0.1) is 0 Å². The smallest absolute Gasteiger partial charge is 0.450 e. The maximum absolute atomic E-state index is 13.3. The molecule has 23 heavy (non-hydrogen) atoms. The van der Waals surface area contributed by atoms with Crippen LogP contribution in [-0.4, -0.2) is 12.1 Å². The fourth-order valence-corrected chi connectivity index (χ4v) is 2.24. The predicted molar refractivity (Wildman–Crippen MR) is 77.3 cm³/mol. The molecule has 2 heterocycles. The molecule has 0 spiro atoms. The number of nitrogens with zero attached hydrogens (tertiary/aromatic N) is 1. The second-order valence-corrected chi connectivity index (χ2v) is 4.71. The van der Waals surface area contributed by atoms with Crippen LogP contribution in [0.15, 0.2) is 51.8 Å². The van der Waals surface area contributed by atoms with Gasteiger partial charge >= 0.3 is 6.18 Å². The standard InChI is InChI=1S/C16H10F3NO3/c1-22-9-5-6-10-12(8-9)23-15(16(17,18)19)13(14(10)21)11-4-2-3-7-20-11/h2-8H,1H3. The number of hydrogen-bond donors (Lipinski definition) is 0. The maximum atomic E-state index is 13.3. The Bertz CT molecular complexity index is 917. The first-order valence-corrected chi connectivity index (χ1v) is 6.55. The van der Waals surface area contributed by atoms with E-state index >= 15 is 0 Å². The molecular formula is C16H10F3NO3. The van der Waals surface area contributed by atoms with E-state index in [1.165, 1.54) is 43.6 Å². The van der Waals surface area contributed by atoms with Crippen molar-refractivity contribution in [2.45, 2.75) is 6.18 Å². The van der Waals surface area contributed by atoms with Gasteiger partial charge in [-0.3, -0.25) is 9.78 Å². The lowest BCUT2D eigenvalue weighted by Crippen LogP contribution is -2.16. The third-order valence-electron chi connectivity index (χ3n) is 3.28. The van der Waals surface area contributed by atoms with Crippen LogP contribution in [0.3, 0.4) is 0 Å². The summed E-state index contributed by atoms with van der Waals surface area (Å²) in [6.45, 7) is 0. The number of aromatic nitrogens is 1. The Kier molecular flexibility index (Phi) is 3.55. The lowest BCUT2D eigenvalue weighted by Gasteiger charge is -2.12. The van der Waals surface area contributed by atoms with E-state index in [4.69, 9.17) is 9.15 Å². The van der Waals surface area contributed by atoms with E-state index in [1.807, 2.05) is 0 Å². The van der Waals surface area contributed by atoms with Gasteiger partial charge in [-0.1, -0.05) is 6.07 Å². The second-order valence-electron chi connectivity index (χ2n) is 4.71. The first-order valence-electron chi connectivity index (χ1n) is 6.55. The third kappa shape index (κ3) is 2.65. The van der Waals surface area contributed by atoms with Crippen LogP contribution >= 0.6 is 0 Å². The highest BCUT2D eigenvalue weighted by atomic mass is 19.4. The minimum Gasteiger partial charge on any atom is -0.497 e. The molecule has 0 fully saturated rings. The number of fused-ring (bicyclic) bond motifs is 1. The fraction of sp³-hybridized carbons (Fsp3) is 0.125. The number of halogens is 3. The molecule has 0 aliphatic rings. The van der Waals surface area contributed by atoms with Crippen molar-refractivity contribution < 1.29 is 22.3 Å². The molecule has 3 rings (SSSR count). The zero-order valence-corrected chi connectivity index (χ0v) is 11.8. The van der Waals surface area contributed by atoms with E-state index < -0.39 is 22.9 Å². The molecule has 0 unspecified atom stereocenters. The Morgan fingerprint density at radius 1 is 1.17 bits per heavy atom. The first-order chi connectivity index (χ1) is 10.9. The lowest BCUT2D eigenvalue weighted by atomic mass is 10.1. The number of rotatable bonds is 2. The number of methoxy groups -OCH3 is 1. The second kappa shape index (κ2) is 5.42. The van der Waals surface area contributed by atoms with Crippen LogP contribution in [0.4, 0.5) is 13.2 Å². The molecule has 0 N–H and O–H groups in total. The normalized spacial score (nSPS) is 11.7. The van der Waals surface area contributed by atoms with Gasteiger partial charge in [0.25, 0.3) is 0 Å². The summed E-state index contributed by atoms with van der Waals surface area (Å²) >= 11 is 0. The summed E-state index contributed by atoms with van der Waals surface area (Å²) < 4.78 is 49.9. The Morgan fingerprint density at radius 2 is 1.96 bits per heavy atom. The van der Waals surface area contributed by atoms with Crippen LogP contribution in [0.25, 0.3) is 22.2 Å². The molecule has 118 valence electrons. The van der Waals surface area contributed by atoms with Crippen LogP contribution < -0.4 is 10.2 Å². The van der Waals surface area contributed by atoms with E-state index in [2.05, 4.69) is 4.98 Å². The number of benzene rings is 1. The largest absolute Gasteiger partial charge is 0.497 e. The average Bonchev–Trinajstić information content (AvgIpc) is 2.54. The van der Waals surface area contributed by atoms with E-state index in [0.29, 0.717) is 5.75 Å². The van der Waals surface area contributed by atoms with Gasteiger partial charge in [-0.05, 0) is 24.3 Å². The molecule has 0 atom stereocenters. The molecule has 7 heteroatoms. The van der Waals surface area contributed by atoms with Crippen molar-refractivity contribution in [2.24, 2.45) is 0 Å². The quantitative estimate of drug-likeness (QED) is 0.719. The maximum Gasteiger partial charge on any atom is 0.450 e. The van der Waals surface area contributed by atoms with Gasteiger partial charge in [0.2, 0.25) is 11.2 Å². The molecule has 3 aromatic rings. The highest BCUT2D eigenvalue weighted by Crippen LogP contribution is 2.37. The van der Waals surface area contributed by atoms with E-state index in [1.54, 1.807) is 6.07 Å². The van der Waals surface area contributed by atoms with Gasteiger partial charge in [-0.2, -0.15) is 13.2 Å². The zero-order chi connectivity index (χ0) is 16.6. The van der Waals surface area contributed by atoms with Gasteiger partial charge in [0.05, 0.1) is 23.8 Å². The van der Waals surface area contributed by atoms with Gasteiger partial charge in [0.1, 0.15) is 11.3 Å². The van der Waals surface area contributed by atoms with Gasteiger partial charge in [-0.25, -0.2) is 0 Å². The fourth-order valence-electron chi connectivity index (χ4n) is 2.24. The highest BCUT2D eigenvalue weighted by Gasteiger charge is 2.39. The number of pyridine rings is 1. The van der Waals surface area contributed by atoms with Crippen LogP contribution in [0, 0.1) is 0 Å². The SMILES string of the molecule is COc1ccc2c(=O)c(-c3ccccn3)c(C(F)(F)F)oc2c1. The van der Waals surface area contributed by atoms with Gasteiger partial charge in [0, 0.05) is 12.3 Å². The number of hydrogen-bond acceptors (Lipinski definition) is 4. The molecule has 0 saturated heterocycles. The molecule has 4 nitrogen and oxygen atoms in total.